The quantitative estimate of drug-likeness (QED) is 0.763. The number of carbonyl (C=O) groups is 2. The Morgan fingerprint density at radius 3 is 2.68 bits per heavy atom. The molecule has 1 aromatic carbocycles. The Bertz CT molecular complexity index is 972. The van der Waals surface area contributed by atoms with Crippen LogP contribution in [0.2, 0.25) is 0 Å². The summed E-state index contributed by atoms with van der Waals surface area (Å²) in [5.74, 6) is -0.352. The SMILES string of the molecule is C[C@@H]1[C@@H](C(=O)NCc2nc(-c3ccc(C#N)cc3)cs2)CCCN1C(=O)OC(C)(C)C. The smallest absolute Gasteiger partial charge is 0.410 e. The van der Waals surface area contributed by atoms with Gasteiger partial charge in [0.2, 0.25) is 5.91 Å². The summed E-state index contributed by atoms with van der Waals surface area (Å²) in [7, 11) is 0. The first-order chi connectivity index (χ1) is 14.7. The van der Waals surface area contributed by atoms with Crippen molar-refractivity contribution in [3.63, 3.8) is 0 Å². The number of hydrogen-bond donors (Lipinski definition) is 1. The predicted molar refractivity (Wildman–Crippen MR) is 119 cm³/mol. The molecule has 2 heterocycles. The van der Waals surface area contributed by atoms with Gasteiger partial charge in [-0.05, 0) is 52.7 Å². The van der Waals surface area contributed by atoms with Crippen LogP contribution in [0.1, 0.15) is 51.1 Å². The molecule has 2 amide bonds. The van der Waals surface area contributed by atoms with Crippen molar-refractivity contribution >= 4 is 23.3 Å². The summed E-state index contributed by atoms with van der Waals surface area (Å²) < 4.78 is 5.49. The van der Waals surface area contributed by atoms with Gasteiger partial charge in [0, 0.05) is 23.5 Å². The van der Waals surface area contributed by atoms with E-state index in [1.54, 1.807) is 17.0 Å². The van der Waals surface area contributed by atoms with Crippen molar-refractivity contribution in [1.29, 1.82) is 5.26 Å². The molecule has 0 spiro atoms. The molecular formula is C23H28N4O3S. The maximum atomic E-state index is 12.8. The molecule has 2 aromatic rings. The van der Waals surface area contributed by atoms with Crippen molar-refractivity contribution in [2.45, 2.75) is 58.7 Å². The summed E-state index contributed by atoms with van der Waals surface area (Å²) in [6.07, 6.45) is 1.13. The van der Waals surface area contributed by atoms with E-state index in [0.29, 0.717) is 18.7 Å². The van der Waals surface area contributed by atoms with Gasteiger partial charge in [0.1, 0.15) is 10.6 Å². The summed E-state index contributed by atoms with van der Waals surface area (Å²) in [5.41, 5.74) is 1.79. The van der Waals surface area contributed by atoms with Gasteiger partial charge in [-0.15, -0.1) is 11.3 Å². The number of piperidine rings is 1. The zero-order valence-electron chi connectivity index (χ0n) is 18.3. The fourth-order valence-corrected chi connectivity index (χ4v) is 4.35. The molecule has 1 saturated heterocycles. The summed E-state index contributed by atoms with van der Waals surface area (Å²) >= 11 is 1.48. The maximum Gasteiger partial charge on any atom is 0.410 e. The van der Waals surface area contributed by atoms with Crippen LogP contribution in [0.3, 0.4) is 0 Å². The Morgan fingerprint density at radius 2 is 2.03 bits per heavy atom. The molecule has 1 aliphatic rings. The normalized spacial score (nSPS) is 18.9. The third kappa shape index (κ3) is 5.82. The van der Waals surface area contributed by atoms with Gasteiger partial charge in [-0.1, -0.05) is 12.1 Å². The Kier molecular flexibility index (Phi) is 6.96. The van der Waals surface area contributed by atoms with Crippen molar-refractivity contribution in [1.82, 2.24) is 15.2 Å². The van der Waals surface area contributed by atoms with Crippen molar-refractivity contribution < 1.29 is 14.3 Å². The summed E-state index contributed by atoms with van der Waals surface area (Å²) in [6.45, 7) is 8.35. The number of rotatable bonds is 4. The minimum absolute atomic E-state index is 0.0733. The number of likely N-dealkylation sites (tertiary alicyclic amines) is 1. The van der Waals surface area contributed by atoms with Gasteiger partial charge in [-0.3, -0.25) is 4.79 Å². The van der Waals surface area contributed by atoms with Gasteiger partial charge in [-0.2, -0.15) is 5.26 Å². The van der Waals surface area contributed by atoms with Crippen LogP contribution in [0.4, 0.5) is 4.79 Å². The molecule has 1 fully saturated rings. The monoisotopic (exact) mass is 440 g/mol. The lowest BCUT2D eigenvalue weighted by Crippen LogP contribution is -2.52. The zero-order valence-corrected chi connectivity index (χ0v) is 19.2. The number of hydrogen-bond acceptors (Lipinski definition) is 6. The molecule has 3 rings (SSSR count). The van der Waals surface area contributed by atoms with Gasteiger partial charge < -0.3 is 15.0 Å². The second kappa shape index (κ2) is 9.48. The Hall–Kier alpha value is -2.92. The van der Waals surface area contributed by atoms with E-state index in [9.17, 15) is 9.59 Å². The van der Waals surface area contributed by atoms with E-state index in [0.717, 1.165) is 29.1 Å². The van der Waals surface area contributed by atoms with Gasteiger partial charge in [0.15, 0.2) is 0 Å². The molecular weight excluding hydrogens is 412 g/mol. The van der Waals surface area contributed by atoms with Crippen molar-refractivity contribution in [3.05, 3.63) is 40.2 Å². The number of nitriles is 1. The molecule has 7 nitrogen and oxygen atoms in total. The fourth-order valence-electron chi connectivity index (χ4n) is 3.61. The summed E-state index contributed by atoms with van der Waals surface area (Å²) in [4.78, 5) is 31.6. The molecule has 2 atom stereocenters. The molecule has 1 aliphatic heterocycles. The van der Waals surface area contributed by atoms with Gasteiger partial charge in [0.05, 0.1) is 29.8 Å². The van der Waals surface area contributed by atoms with Crippen LogP contribution >= 0.6 is 11.3 Å². The number of benzene rings is 1. The third-order valence-electron chi connectivity index (χ3n) is 5.23. The minimum Gasteiger partial charge on any atom is -0.444 e. The minimum atomic E-state index is -0.566. The molecule has 31 heavy (non-hydrogen) atoms. The van der Waals surface area contributed by atoms with Crippen molar-refractivity contribution in [3.8, 4) is 17.3 Å². The highest BCUT2D eigenvalue weighted by atomic mass is 32.1. The Balaban J connectivity index is 1.58. The molecule has 0 aliphatic carbocycles. The molecule has 0 radical (unpaired) electrons. The molecule has 1 N–H and O–H groups in total. The van der Waals surface area contributed by atoms with Crippen LogP contribution in [0.5, 0.6) is 0 Å². The standard InChI is InChI=1S/C23H28N4O3S/c1-15-18(6-5-11-27(15)22(29)30-23(2,3)4)21(28)25-13-20-26-19(14-31-20)17-9-7-16(12-24)8-10-17/h7-10,14-15,18H,5-6,11,13H2,1-4H3,(H,25,28)/t15-,18+/m1/s1. The molecule has 8 heteroatoms. The highest BCUT2D eigenvalue weighted by molar-refractivity contribution is 7.09. The lowest BCUT2D eigenvalue weighted by atomic mass is 9.89. The number of ether oxygens (including phenoxy) is 1. The maximum absolute atomic E-state index is 12.8. The topological polar surface area (TPSA) is 95.3 Å². The fraction of sp³-hybridized carbons (Fsp3) is 0.478. The number of amides is 2. The molecule has 164 valence electrons. The number of carbonyl (C=O) groups excluding carboxylic acids is 2. The first kappa shape index (κ1) is 22.8. The molecule has 0 bridgehead atoms. The Labute approximate surface area is 187 Å². The van der Waals surface area contributed by atoms with E-state index in [-0.39, 0.29) is 24.0 Å². The van der Waals surface area contributed by atoms with Gasteiger partial charge in [0.25, 0.3) is 0 Å². The van der Waals surface area contributed by atoms with E-state index >= 15 is 0 Å². The van der Waals surface area contributed by atoms with E-state index in [4.69, 9.17) is 10.00 Å². The van der Waals surface area contributed by atoms with Crippen LogP contribution in [-0.2, 0) is 16.1 Å². The summed E-state index contributed by atoms with van der Waals surface area (Å²) in [5, 5.41) is 14.6. The average molecular weight is 441 g/mol. The van der Waals surface area contributed by atoms with E-state index in [2.05, 4.69) is 16.4 Å². The predicted octanol–water partition coefficient (Wildman–Crippen LogP) is 4.33. The van der Waals surface area contributed by atoms with Crippen LogP contribution in [0, 0.1) is 17.2 Å². The van der Waals surface area contributed by atoms with Crippen molar-refractivity contribution in [2.75, 3.05) is 6.54 Å². The number of nitrogens with zero attached hydrogens (tertiary/aromatic N) is 3. The lowest BCUT2D eigenvalue weighted by Gasteiger charge is -2.39. The first-order valence-corrected chi connectivity index (χ1v) is 11.3. The molecule has 0 unspecified atom stereocenters. The van der Waals surface area contributed by atoms with E-state index in [1.807, 2.05) is 45.2 Å². The first-order valence-electron chi connectivity index (χ1n) is 10.4. The van der Waals surface area contributed by atoms with Crippen LogP contribution < -0.4 is 5.32 Å². The molecule has 1 aromatic heterocycles. The van der Waals surface area contributed by atoms with Crippen LogP contribution in [0.25, 0.3) is 11.3 Å². The zero-order chi connectivity index (χ0) is 22.6. The van der Waals surface area contributed by atoms with Gasteiger partial charge >= 0.3 is 6.09 Å². The Morgan fingerprint density at radius 1 is 1.32 bits per heavy atom. The van der Waals surface area contributed by atoms with Gasteiger partial charge in [-0.25, -0.2) is 9.78 Å². The number of nitrogens with one attached hydrogen (secondary N) is 1. The average Bonchev–Trinajstić information content (AvgIpc) is 3.20. The lowest BCUT2D eigenvalue weighted by molar-refractivity contribution is -0.128. The number of thiazole rings is 1. The highest BCUT2D eigenvalue weighted by Gasteiger charge is 2.37. The summed E-state index contributed by atoms with van der Waals surface area (Å²) in [6, 6.07) is 9.13. The van der Waals surface area contributed by atoms with E-state index < -0.39 is 5.60 Å². The van der Waals surface area contributed by atoms with Crippen LogP contribution in [-0.4, -0.2) is 40.1 Å². The second-order valence-electron chi connectivity index (χ2n) is 8.70. The highest BCUT2D eigenvalue weighted by Crippen LogP contribution is 2.26. The molecule has 0 saturated carbocycles. The van der Waals surface area contributed by atoms with Crippen molar-refractivity contribution in [2.24, 2.45) is 5.92 Å². The second-order valence-corrected chi connectivity index (χ2v) is 9.64. The van der Waals surface area contributed by atoms with Crippen LogP contribution in [0.15, 0.2) is 29.6 Å². The van der Waals surface area contributed by atoms with E-state index in [1.165, 1.54) is 11.3 Å². The largest absolute Gasteiger partial charge is 0.444 e. The number of aromatic nitrogens is 1. The third-order valence-corrected chi connectivity index (χ3v) is 6.08.